The third kappa shape index (κ3) is 3.65. The molecule has 0 spiro atoms. The Kier molecular flexibility index (Phi) is 5.29. The first-order chi connectivity index (χ1) is 13.1. The van der Waals surface area contributed by atoms with Gasteiger partial charge >= 0.3 is 0 Å². The van der Waals surface area contributed by atoms with Crippen molar-refractivity contribution in [3.05, 3.63) is 35.7 Å². The van der Waals surface area contributed by atoms with Crippen LogP contribution in [0.1, 0.15) is 78.8 Å². The van der Waals surface area contributed by atoms with Crippen molar-refractivity contribution in [3.63, 3.8) is 0 Å². The smallest absolute Gasteiger partial charge is 0.257 e. The first-order valence-corrected chi connectivity index (χ1v) is 10.1. The molecule has 1 saturated heterocycles. The molecule has 1 aliphatic heterocycles. The summed E-state index contributed by atoms with van der Waals surface area (Å²) >= 11 is 0. The number of imidazole rings is 1. The fraction of sp³-hybridized carbons (Fsp3) is 0.650. The summed E-state index contributed by atoms with van der Waals surface area (Å²) in [5.41, 5.74) is 1.76. The molecule has 7 nitrogen and oxygen atoms in total. The van der Waals surface area contributed by atoms with Crippen LogP contribution >= 0.6 is 0 Å². The van der Waals surface area contributed by atoms with Gasteiger partial charge in [-0.25, -0.2) is 4.98 Å². The lowest BCUT2D eigenvalue weighted by Gasteiger charge is -2.34. The first-order valence-electron chi connectivity index (χ1n) is 10.1. The molecule has 1 amide bonds. The fourth-order valence-electron chi connectivity index (χ4n) is 4.63. The van der Waals surface area contributed by atoms with Gasteiger partial charge in [-0.1, -0.05) is 19.3 Å². The van der Waals surface area contributed by atoms with Gasteiger partial charge in [0.2, 0.25) is 0 Å². The van der Waals surface area contributed by atoms with Gasteiger partial charge in [-0.2, -0.15) is 5.10 Å². The summed E-state index contributed by atoms with van der Waals surface area (Å²) in [4.78, 5) is 19.3. The van der Waals surface area contributed by atoms with Crippen molar-refractivity contribution in [2.45, 2.75) is 57.0 Å². The molecule has 1 atom stereocenters. The van der Waals surface area contributed by atoms with Gasteiger partial charge in [0, 0.05) is 38.4 Å². The number of H-pyrrole nitrogens is 1. The van der Waals surface area contributed by atoms with Crippen LogP contribution in [0.2, 0.25) is 0 Å². The van der Waals surface area contributed by atoms with E-state index in [1.165, 1.54) is 19.3 Å². The van der Waals surface area contributed by atoms with E-state index in [0.717, 1.165) is 36.9 Å². The second kappa shape index (κ2) is 7.84. The molecular weight excluding hydrogens is 342 g/mol. The number of rotatable bonds is 4. The normalized spacial score (nSPS) is 20.7. The molecule has 3 heterocycles. The zero-order valence-corrected chi connectivity index (χ0v) is 16.0. The average molecular weight is 371 g/mol. The molecule has 27 heavy (non-hydrogen) atoms. The second-order valence-corrected chi connectivity index (χ2v) is 8.00. The van der Waals surface area contributed by atoms with Crippen molar-refractivity contribution in [1.82, 2.24) is 24.6 Å². The molecule has 0 bridgehead atoms. The Morgan fingerprint density at radius 1 is 1.22 bits per heavy atom. The van der Waals surface area contributed by atoms with Crippen LogP contribution in [0.4, 0.5) is 0 Å². The third-order valence-corrected chi connectivity index (χ3v) is 6.31. The highest BCUT2D eigenvalue weighted by atomic mass is 16.3. The van der Waals surface area contributed by atoms with Crippen LogP contribution in [0.3, 0.4) is 0 Å². The molecule has 2 aliphatic rings. The molecule has 0 aromatic carbocycles. The summed E-state index contributed by atoms with van der Waals surface area (Å²) in [5, 5.41) is 17.9. The number of carbonyl (C=O) groups excluding carboxylic acids is 1. The van der Waals surface area contributed by atoms with E-state index in [-0.39, 0.29) is 11.8 Å². The second-order valence-electron chi connectivity index (χ2n) is 8.00. The van der Waals surface area contributed by atoms with E-state index < -0.39 is 6.10 Å². The van der Waals surface area contributed by atoms with Crippen molar-refractivity contribution in [2.24, 2.45) is 13.0 Å². The number of aliphatic hydroxyl groups excluding tert-OH is 1. The Hall–Kier alpha value is -2.15. The molecular formula is C20H29N5O2. The average Bonchev–Trinajstić information content (AvgIpc) is 3.37. The van der Waals surface area contributed by atoms with Crippen molar-refractivity contribution in [2.75, 3.05) is 13.1 Å². The maximum Gasteiger partial charge on any atom is 0.257 e. The summed E-state index contributed by atoms with van der Waals surface area (Å²) in [6.45, 7) is 1.33. The number of aliphatic hydroxyl groups is 1. The Bertz CT molecular complexity index is 769. The maximum absolute atomic E-state index is 13.1. The zero-order valence-electron chi connectivity index (χ0n) is 16.0. The summed E-state index contributed by atoms with van der Waals surface area (Å²) in [7, 11) is 1.90. The molecule has 2 aromatic rings. The third-order valence-electron chi connectivity index (χ3n) is 6.31. The molecule has 0 radical (unpaired) electrons. The van der Waals surface area contributed by atoms with Crippen molar-refractivity contribution < 1.29 is 9.90 Å². The predicted molar refractivity (Wildman–Crippen MR) is 101 cm³/mol. The number of amides is 1. The minimum Gasteiger partial charge on any atom is -0.385 e. The lowest BCUT2D eigenvalue weighted by molar-refractivity contribution is 0.0419. The van der Waals surface area contributed by atoms with E-state index in [9.17, 15) is 9.90 Å². The number of hydrogen-bond acceptors (Lipinski definition) is 4. The van der Waals surface area contributed by atoms with Gasteiger partial charge in [0.15, 0.2) is 0 Å². The van der Waals surface area contributed by atoms with Crippen LogP contribution in [0.5, 0.6) is 0 Å². The van der Waals surface area contributed by atoms with Crippen LogP contribution in [0.25, 0.3) is 0 Å². The van der Waals surface area contributed by atoms with Gasteiger partial charge in [-0.05, 0) is 31.6 Å². The number of aromatic nitrogens is 4. The highest BCUT2D eigenvalue weighted by Crippen LogP contribution is 2.34. The fourth-order valence-corrected chi connectivity index (χ4v) is 4.63. The molecule has 1 saturated carbocycles. The highest BCUT2D eigenvalue weighted by molar-refractivity contribution is 5.95. The van der Waals surface area contributed by atoms with Crippen LogP contribution in [-0.2, 0) is 7.05 Å². The number of likely N-dealkylation sites (tertiary alicyclic amines) is 1. The van der Waals surface area contributed by atoms with Gasteiger partial charge in [-0.15, -0.1) is 0 Å². The molecule has 2 fully saturated rings. The lowest BCUT2D eigenvalue weighted by atomic mass is 9.85. The monoisotopic (exact) mass is 371 g/mol. The number of piperidine rings is 1. The molecule has 2 aromatic heterocycles. The van der Waals surface area contributed by atoms with Crippen LogP contribution in [0, 0.1) is 5.92 Å². The van der Waals surface area contributed by atoms with E-state index in [2.05, 4.69) is 15.2 Å². The Balaban J connectivity index is 1.39. The minimum absolute atomic E-state index is 0.0780. The SMILES string of the molecule is Cn1ccnc1[C@@H](O)C1CCN(C(=O)c2cn[nH]c2C2CCCCC2)CC1. The van der Waals surface area contributed by atoms with E-state index in [1.54, 1.807) is 12.4 Å². The van der Waals surface area contributed by atoms with Crippen molar-refractivity contribution >= 4 is 5.91 Å². The molecule has 4 rings (SSSR count). The van der Waals surface area contributed by atoms with Crippen molar-refractivity contribution in [1.29, 1.82) is 0 Å². The van der Waals surface area contributed by atoms with Crippen LogP contribution in [-0.4, -0.2) is 48.8 Å². The van der Waals surface area contributed by atoms with E-state index in [0.29, 0.717) is 24.8 Å². The van der Waals surface area contributed by atoms with Crippen LogP contribution < -0.4 is 0 Å². The van der Waals surface area contributed by atoms with Gasteiger partial charge in [0.25, 0.3) is 5.91 Å². The minimum atomic E-state index is -0.575. The maximum atomic E-state index is 13.1. The summed E-state index contributed by atoms with van der Waals surface area (Å²) in [6, 6.07) is 0. The zero-order chi connectivity index (χ0) is 18.8. The van der Waals surface area contributed by atoms with Gasteiger partial charge in [0.1, 0.15) is 11.9 Å². The van der Waals surface area contributed by atoms with Crippen LogP contribution in [0.15, 0.2) is 18.6 Å². The number of nitrogens with one attached hydrogen (secondary N) is 1. The number of carbonyl (C=O) groups is 1. The summed E-state index contributed by atoms with van der Waals surface area (Å²) in [6.07, 6.45) is 12.3. The predicted octanol–water partition coefficient (Wildman–Crippen LogP) is 2.78. The molecule has 2 N–H and O–H groups in total. The van der Waals surface area contributed by atoms with E-state index in [4.69, 9.17) is 0 Å². The lowest BCUT2D eigenvalue weighted by Crippen LogP contribution is -2.40. The van der Waals surface area contributed by atoms with Crippen molar-refractivity contribution in [3.8, 4) is 0 Å². The highest BCUT2D eigenvalue weighted by Gasteiger charge is 2.32. The number of aromatic amines is 1. The number of aryl methyl sites for hydroxylation is 1. The Morgan fingerprint density at radius 2 is 1.96 bits per heavy atom. The molecule has 0 unspecified atom stereocenters. The number of nitrogens with zero attached hydrogens (tertiary/aromatic N) is 4. The van der Waals surface area contributed by atoms with E-state index >= 15 is 0 Å². The Labute approximate surface area is 159 Å². The molecule has 7 heteroatoms. The summed E-state index contributed by atoms with van der Waals surface area (Å²) in [5.74, 6) is 1.35. The van der Waals surface area contributed by atoms with E-state index in [1.807, 2.05) is 22.7 Å². The summed E-state index contributed by atoms with van der Waals surface area (Å²) < 4.78 is 1.87. The number of hydrogen-bond donors (Lipinski definition) is 2. The largest absolute Gasteiger partial charge is 0.385 e. The standard InChI is InChI=1S/C20H29N5O2/c1-24-12-9-21-19(24)18(26)15-7-10-25(11-8-15)20(27)16-13-22-23-17(16)14-5-3-2-4-6-14/h9,12-15,18,26H,2-8,10-11H2,1H3,(H,22,23)/t18-/m0/s1. The quantitative estimate of drug-likeness (QED) is 0.865. The Morgan fingerprint density at radius 3 is 2.63 bits per heavy atom. The van der Waals surface area contributed by atoms with Gasteiger partial charge in [0.05, 0.1) is 17.5 Å². The van der Waals surface area contributed by atoms with Gasteiger partial charge in [-0.3, -0.25) is 9.89 Å². The molecule has 1 aliphatic carbocycles. The molecule has 146 valence electrons. The first kappa shape index (κ1) is 18.2. The topological polar surface area (TPSA) is 87.0 Å². The van der Waals surface area contributed by atoms with Gasteiger partial charge < -0.3 is 14.6 Å².